The van der Waals surface area contributed by atoms with Crippen molar-refractivity contribution in [1.29, 1.82) is 0 Å². The monoisotopic (exact) mass is 424 g/mol. The predicted octanol–water partition coefficient (Wildman–Crippen LogP) is 6.06. The third-order valence-electron chi connectivity index (χ3n) is 4.86. The van der Waals surface area contributed by atoms with Crippen LogP contribution in [0.5, 0.6) is 5.75 Å². The summed E-state index contributed by atoms with van der Waals surface area (Å²) >= 11 is 5.41. The molecule has 0 radical (unpaired) electrons. The first-order valence-corrected chi connectivity index (χ1v) is 10.2. The molecule has 1 aromatic heterocycles. The summed E-state index contributed by atoms with van der Waals surface area (Å²) in [6.45, 7) is 2.14. The normalized spacial score (nSPS) is 21.0. The van der Waals surface area contributed by atoms with Crippen molar-refractivity contribution in [2.45, 2.75) is 25.6 Å². The van der Waals surface area contributed by atoms with Crippen LogP contribution in [-0.4, -0.2) is 10.7 Å². The fourth-order valence-electron chi connectivity index (χ4n) is 3.63. The van der Waals surface area contributed by atoms with Crippen molar-refractivity contribution in [2.24, 2.45) is 5.10 Å². The molecule has 3 aromatic rings. The smallest absolute Gasteiger partial charge is 0.213 e. The Balaban J connectivity index is 1.61. The summed E-state index contributed by atoms with van der Waals surface area (Å²) in [6, 6.07) is 21.1. The molecular formula is C21H17BrN2OS. The summed E-state index contributed by atoms with van der Waals surface area (Å²) in [6.07, 6.45) is 0.698. The van der Waals surface area contributed by atoms with Crippen LogP contribution in [0.1, 0.15) is 39.6 Å². The number of hydrazone groups is 1. The molecular weight excluding hydrogens is 408 g/mol. The van der Waals surface area contributed by atoms with Crippen LogP contribution in [0.15, 0.2) is 70.2 Å². The maximum Gasteiger partial charge on any atom is 0.213 e. The first-order valence-electron chi connectivity index (χ1n) is 8.63. The Morgan fingerprint density at radius 1 is 1.12 bits per heavy atom. The SMILES string of the molecule is Cc1ccc(C2=NN3[C@@H](C2)c2cc(Br)ccc2O[C@H]3c2ccccc2)s1. The van der Waals surface area contributed by atoms with E-state index >= 15 is 0 Å². The van der Waals surface area contributed by atoms with Gasteiger partial charge in [-0.3, -0.25) is 0 Å². The fourth-order valence-corrected chi connectivity index (χ4v) is 4.87. The average molecular weight is 425 g/mol. The van der Waals surface area contributed by atoms with Crippen LogP contribution in [-0.2, 0) is 0 Å². The van der Waals surface area contributed by atoms with E-state index in [2.05, 4.69) is 64.3 Å². The maximum atomic E-state index is 6.38. The maximum absolute atomic E-state index is 6.38. The molecule has 26 heavy (non-hydrogen) atoms. The highest BCUT2D eigenvalue weighted by atomic mass is 79.9. The summed E-state index contributed by atoms with van der Waals surface area (Å²) in [4.78, 5) is 2.56. The quantitative estimate of drug-likeness (QED) is 0.499. The first kappa shape index (κ1) is 16.1. The fraction of sp³-hybridized carbons (Fsp3) is 0.190. The summed E-state index contributed by atoms with van der Waals surface area (Å²) in [5, 5.41) is 7.13. The highest BCUT2D eigenvalue weighted by molar-refractivity contribution is 9.10. The van der Waals surface area contributed by atoms with E-state index in [0.717, 1.165) is 27.9 Å². The van der Waals surface area contributed by atoms with Gasteiger partial charge in [0.1, 0.15) is 5.75 Å². The largest absolute Gasteiger partial charge is 0.464 e. The molecule has 5 rings (SSSR count). The Labute approximate surface area is 165 Å². The van der Waals surface area contributed by atoms with Crippen molar-refractivity contribution in [3.05, 3.63) is 86.0 Å². The second kappa shape index (κ2) is 6.25. The summed E-state index contributed by atoms with van der Waals surface area (Å²) in [7, 11) is 0. The highest BCUT2D eigenvalue weighted by Crippen LogP contribution is 2.48. The number of hydrogen-bond donors (Lipinski definition) is 0. The lowest BCUT2D eigenvalue weighted by molar-refractivity contribution is -0.0190. The number of thiophene rings is 1. The van der Waals surface area contributed by atoms with Crippen molar-refractivity contribution in [3.63, 3.8) is 0 Å². The van der Waals surface area contributed by atoms with Crippen molar-refractivity contribution in [1.82, 2.24) is 5.01 Å². The van der Waals surface area contributed by atoms with Gasteiger partial charge in [0, 0.05) is 26.9 Å². The second-order valence-electron chi connectivity index (χ2n) is 6.62. The zero-order valence-corrected chi connectivity index (χ0v) is 16.6. The van der Waals surface area contributed by atoms with Crippen molar-refractivity contribution < 1.29 is 4.74 Å². The molecule has 0 spiro atoms. The number of ether oxygens (including phenoxy) is 1. The van der Waals surface area contributed by atoms with Gasteiger partial charge in [-0.15, -0.1) is 11.3 Å². The molecule has 2 aromatic carbocycles. The Bertz CT molecular complexity index is 998. The van der Waals surface area contributed by atoms with Gasteiger partial charge in [-0.1, -0.05) is 46.3 Å². The number of halogens is 1. The standard InChI is InChI=1S/C21H17BrN2OS/c1-13-7-10-20(26-13)17-12-18-16-11-15(22)8-9-19(16)25-21(24(18)23-17)14-5-3-2-4-6-14/h2-11,18,21H,12H2,1H3/t18-,21-/m0/s1. The van der Waals surface area contributed by atoms with E-state index < -0.39 is 0 Å². The predicted molar refractivity (Wildman–Crippen MR) is 109 cm³/mol. The van der Waals surface area contributed by atoms with E-state index in [1.807, 2.05) is 24.3 Å². The molecule has 0 fully saturated rings. The minimum atomic E-state index is -0.201. The van der Waals surface area contributed by atoms with E-state index in [9.17, 15) is 0 Å². The van der Waals surface area contributed by atoms with Gasteiger partial charge >= 0.3 is 0 Å². The van der Waals surface area contributed by atoms with Crippen LogP contribution in [0.2, 0.25) is 0 Å². The molecule has 3 nitrogen and oxygen atoms in total. The van der Waals surface area contributed by atoms with E-state index in [1.54, 1.807) is 11.3 Å². The number of hydrogen-bond acceptors (Lipinski definition) is 4. The van der Waals surface area contributed by atoms with Crippen LogP contribution >= 0.6 is 27.3 Å². The molecule has 0 saturated carbocycles. The lowest BCUT2D eigenvalue weighted by atomic mass is 9.98. The van der Waals surface area contributed by atoms with Gasteiger partial charge in [-0.05, 0) is 37.3 Å². The molecule has 0 amide bonds. The first-order chi connectivity index (χ1) is 12.7. The molecule has 0 saturated heterocycles. The van der Waals surface area contributed by atoms with Crippen molar-refractivity contribution in [2.75, 3.05) is 0 Å². The lowest BCUT2D eigenvalue weighted by Crippen LogP contribution is -2.33. The zero-order chi connectivity index (χ0) is 17.7. The molecule has 3 heterocycles. The van der Waals surface area contributed by atoms with E-state index in [-0.39, 0.29) is 12.3 Å². The molecule has 5 heteroatoms. The van der Waals surface area contributed by atoms with Crippen LogP contribution in [0.25, 0.3) is 0 Å². The van der Waals surface area contributed by atoms with Crippen LogP contribution in [0, 0.1) is 6.92 Å². The van der Waals surface area contributed by atoms with E-state index in [0.29, 0.717) is 0 Å². The van der Waals surface area contributed by atoms with E-state index in [4.69, 9.17) is 9.84 Å². The molecule has 130 valence electrons. The van der Waals surface area contributed by atoms with E-state index in [1.165, 1.54) is 15.3 Å². The Morgan fingerprint density at radius 2 is 1.96 bits per heavy atom. The number of nitrogens with zero attached hydrogens (tertiary/aromatic N) is 2. The minimum absolute atomic E-state index is 0.193. The Kier molecular flexibility index (Phi) is 3.87. The van der Waals surface area contributed by atoms with Gasteiger partial charge < -0.3 is 4.74 Å². The topological polar surface area (TPSA) is 24.8 Å². The van der Waals surface area contributed by atoms with Crippen LogP contribution in [0.4, 0.5) is 0 Å². The molecule has 0 unspecified atom stereocenters. The minimum Gasteiger partial charge on any atom is -0.464 e. The number of rotatable bonds is 2. The Hall–Kier alpha value is -2.11. The Morgan fingerprint density at radius 3 is 2.73 bits per heavy atom. The highest BCUT2D eigenvalue weighted by Gasteiger charge is 2.41. The number of benzene rings is 2. The van der Waals surface area contributed by atoms with Gasteiger partial charge in [0.2, 0.25) is 6.23 Å². The molecule has 2 atom stereocenters. The molecule has 0 bridgehead atoms. The van der Waals surface area contributed by atoms with Gasteiger partial charge in [-0.2, -0.15) is 5.10 Å². The average Bonchev–Trinajstić information content (AvgIpc) is 3.28. The third-order valence-corrected chi connectivity index (χ3v) is 6.40. The lowest BCUT2D eigenvalue weighted by Gasteiger charge is -2.38. The van der Waals surface area contributed by atoms with Gasteiger partial charge in [0.05, 0.1) is 16.6 Å². The van der Waals surface area contributed by atoms with Crippen molar-refractivity contribution in [3.8, 4) is 5.75 Å². The van der Waals surface area contributed by atoms with Crippen LogP contribution < -0.4 is 4.74 Å². The summed E-state index contributed by atoms with van der Waals surface area (Å²) < 4.78 is 7.45. The van der Waals surface area contributed by atoms with Gasteiger partial charge in [0.15, 0.2) is 0 Å². The molecule has 0 N–H and O–H groups in total. The molecule has 2 aliphatic heterocycles. The second-order valence-corrected chi connectivity index (χ2v) is 8.82. The molecule has 0 aliphatic carbocycles. The number of fused-ring (bicyclic) bond motifs is 3. The van der Waals surface area contributed by atoms with Crippen molar-refractivity contribution >= 4 is 33.0 Å². The summed E-state index contributed by atoms with van der Waals surface area (Å²) in [5.74, 6) is 0.946. The molecule has 2 aliphatic rings. The van der Waals surface area contributed by atoms with Gasteiger partial charge in [-0.25, -0.2) is 5.01 Å². The zero-order valence-electron chi connectivity index (χ0n) is 14.2. The summed E-state index contributed by atoms with van der Waals surface area (Å²) in [5.41, 5.74) is 3.46. The van der Waals surface area contributed by atoms with Crippen LogP contribution in [0.3, 0.4) is 0 Å². The third kappa shape index (κ3) is 2.66. The van der Waals surface area contributed by atoms with Gasteiger partial charge in [0.25, 0.3) is 0 Å². The number of aryl methyl sites for hydroxylation is 1.